The van der Waals surface area contributed by atoms with Crippen LogP contribution in [0.1, 0.15) is 26.3 Å². The quantitative estimate of drug-likeness (QED) is 0.846. The molecule has 0 saturated carbocycles. The first-order valence-electron chi connectivity index (χ1n) is 6.57. The zero-order valence-electron chi connectivity index (χ0n) is 11.9. The zero-order valence-corrected chi connectivity index (χ0v) is 12.6. The molecule has 6 heteroatoms. The summed E-state index contributed by atoms with van der Waals surface area (Å²) in [6.45, 7) is 5.87. The van der Waals surface area contributed by atoms with Gasteiger partial charge in [-0.3, -0.25) is 0 Å². The van der Waals surface area contributed by atoms with Crippen LogP contribution in [-0.2, 0) is 6.54 Å². The molecule has 0 saturated heterocycles. The van der Waals surface area contributed by atoms with E-state index < -0.39 is 12.7 Å². The molecule has 0 atom stereocenters. The Morgan fingerprint density at radius 3 is 2.40 bits per heavy atom. The minimum Gasteiger partial charge on any atom is -0.360 e. The average Bonchev–Trinajstić information content (AvgIpc) is 2.33. The predicted molar refractivity (Wildman–Crippen MR) is 77.4 cm³/mol. The van der Waals surface area contributed by atoms with Gasteiger partial charge in [-0.15, -0.1) is 0 Å². The number of benzene rings is 1. The standard InChI is InChI=1S/C14H20ClF3N2/c1-4-19-8-11-5-6-12(7-13(11)15)20(10(2)3)9-14(16,17)18/h5-7,10,19H,4,8-9H2,1-3H3. The third-order valence-electron chi connectivity index (χ3n) is 2.91. The highest BCUT2D eigenvalue weighted by Gasteiger charge is 2.32. The number of halogens is 4. The van der Waals surface area contributed by atoms with Crippen LogP contribution in [0.15, 0.2) is 18.2 Å². The van der Waals surface area contributed by atoms with E-state index >= 15 is 0 Å². The molecule has 0 spiro atoms. The third kappa shape index (κ3) is 5.21. The van der Waals surface area contributed by atoms with Crippen molar-refractivity contribution in [2.75, 3.05) is 18.0 Å². The molecule has 0 bridgehead atoms. The molecule has 0 aliphatic heterocycles. The highest BCUT2D eigenvalue weighted by atomic mass is 35.5. The molecule has 0 aromatic heterocycles. The summed E-state index contributed by atoms with van der Waals surface area (Å²) < 4.78 is 37.8. The molecule has 1 aromatic carbocycles. The molecule has 2 nitrogen and oxygen atoms in total. The van der Waals surface area contributed by atoms with Crippen molar-refractivity contribution in [3.8, 4) is 0 Å². The molecule has 0 fully saturated rings. The minimum atomic E-state index is -4.24. The van der Waals surface area contributed by atoms with Gasteiger partial charge >= 0.3 is 6.18 Å². The minimum absolute atomic E-state index is 0.257. The highest BCUT2D eigenvalue weighted by Crippen LogP contribution is 2.28. The molecule has 1 aromatic rings. The Kier molecular flexibility index (Phi) is 6.14. The smallest absolute Gasteiger partial charge is 0.360 e. The molecule has 0 unspecified atom stereocenters. The number of anilines is 1. The summed E-state index contributed by atoms with van der Waals surface area (Å²) in [6, 6.07) is 4.79. The third-order valence-corrected chi connectivity index (χ3v) is 3.26. The summed E-state index contributed by atoms with van der Waals surface area (Å²) in [5.74, 6) is 0. The van der Waals surface area contributed by atoms with Gasteiger partial charge in [0.2, 0.25) is 0 Å². The summed E-state index contributed by atoms with van der Waals surface area (Å²) in [5.41, 5.74) is 1.37. The lowest BCUT2D eigenvalue weighted by atomic mass is 10.1. The van der Waals surface area contributed by atoms with Crippen LogP contribution in [-0.4, -0.2) is 25.3 Å². The van der Waals surface area contributed by atoms with E-state index in [4.69, 9.17) is 11.6 Å². The lowest BCUT2D eigenvalue weighted by Gasteiger charge is -2.30. The van der Waals surface area contributed by atoms with Crippen LogP contribution < -0.4 is 10.2 Å². The molecule has 0 aliphatic rings. The lowest BCUT2D eigenvalue weighted by Crippen LogP contribution is -2.39. The summed E-state index contributed by atoms with van der Waals surface area (Å²) in [5, 5.41) is 3.62. The van der Waals surface area contributed by atoms with Gasteiger partial charge in [-0.25, -0.2) is 0 Å². The lowest BCUT2D eigenvalue weighted by molar-refractivity contribution is -0.120. The summed E-state index contributed by atoms with van der Waals surface area (Å²) in [6.07, 6.45) is -4.24. The number of hydrogen-bond acceptors (Lipinski definition) is 2. The fraction of sp³-hybridized carbons (Fsp3) is 0.571. The maximum Gasteiger partial charge on any atom is 0.405 e. The number of rotatable bonds is 6. The van der Waals surface area contributed by atoms with E-state index in [1.807, 2.05) is 6.92 Å². The molecule has 0 heterocycles. The van der Waals surface area contributed by atoms with Gasteiger partial charge < -0.3 is 10.2 Å². The maximum absolute atomic E-state index is 12.6. The van der Waals surface area contributed by atoms with Crippen LogP contribution in [0.5, 0.6) is 0 Å². The van der Waals surface area contributed by atoms with Gasteiger partial charge in [-0.2, -0.15) is 13.2 Å². The van der Waals surface area contributed by atoms with Crippen molar-refractivity contribution in [3.05, 3.63) is 28.8 Å². The van der Waals surface area contributed by atoms with Gasteiger partial charge in [0.15, 0.2) is 0 Å². The van der Waals surface area contributed by atoms with Gasteiger partial charge in [-0.1, -0.05) is 24.6 Å². The maximum atomic E-state index is 12.6. The molecule has 1 N–H and O–H groups in total. The second-order valence-electron chi connectivity index (χ2n) is 4.89. The largest absolute Gasteiger partial charge is 0.405 e. The first-order valence-corrected chi connectivity index (χ1v) is 6.95. The van der Waals surface area contributed by atoms with Crippen molar-refractivity contribution >= 4 is 17.3 Å². The number of hydrogen-bond donors (Lipinski definition) is 1. The van der Waals surface area contributed by atoms with Gasteiger partial charge in [0.25, 0.3) is 0 Å². The molecule has 114 valence electrons. The van der Waals surface area contributed by atoms with Gasteiger partial charge in [-0.05, 0) is 38.1 Å². The number of nitrogens with one attached hydrogen (secondary N) is 1. The van der Waals surface area contributed by atoms with Crippen LogP contribution in [0.3, 0.4) is 0 Å². The van der Waals surface area contributed by atoms with Crippen LogP contribution in [0, 0.1) is 0 Å². The van der Waals surface area contributed by atoms with E-state index in [0.717, 1.165) is 12.1 Å². The fourth-order valence-corrected chi connectivity index (χ4v) is 2.12. The molecule has 0 amide bonds. The van der Waals surface area contributed by atoms with E-state index in [2.05, 4.69) is 5.32 Å². The Labute approximate surface area is 122 Å². The van der Waals surface area contributed by atoms with Crippen LogP contribution >= 0.6 is 11.6 Å². The SMILES string of the molecule is CCNCc1ccc(N(CC(F)(F)F)C(C)C)cc1Cl. The Hall–Kier alpha value is -0.940. The van der Waals surface area contributed by atoms with Crippen molar-refractivity contribution < 1.29 is 13.2 Å². The fourth-order valence-electron chi connectivity index (χ4n) is 1.88. The molecule has 0 aliphatic carbocycles. The summed E-state index contributed by atoms with van der Waals surface area (Å²) in [7, 11) is 0. The molecule has 0 radical (unpaired) electrons. The Balaban J connectivity index is 2.95. The summed E-state index contributed by atoms with van der Waals surface area (Å²) in [4.78, 5) is 1.29. The van der Waals surface area contributed by atoms with Gasteiger partial charge in [0.05, 0.1) is 0 Å². The highest BCUT2D eigenvalue weighted by molar-refractivity contribution is 6.31. The first kappa shape index (κ1) is 17.1. The van der Waals surface area contributed by atoms with E-state index in [1.54, 1.807) is 32.0 Å². The van der Waals surface area contributed by atoms with Gasteiger partial charge in [0, 0.05) is 23.3 Å². The second kappa shape index (κ2) is 7.18. The van der Waals surface area contributed by atoms with Crippen LogP contribution in [0.2, 0.25) is 5.02 Å². The van der Waals surface area contributed by atoms with Gasteiger partial charge in [0.1, 0.15) is 6.54 Å². The summed E-state index contributed by atoms with van der Waals surface area (Å²) >= 11 is 6.14. The van der Waals surface area contributed by atoms with Crippen molar-refractivity contribution in [3.63, 3.8) is 0 Å². The Morgan fingerprint density at radius 2 is 1.95 bits per heavy atom. The zero-order chi connectivity index (χ0) is 15.3. The number of alkyl halides is 3. The monoisotopic (exact) mass is 308 g/mol. The van der Waals surface area contributed by atoms with Crippen LogP contribution in [0.4, 0.5) is 18.9 Å². The van der Waals surface area contributed by atoms with E-state index in [9.17, 15) is 13.2 Å². The molecular formula is C14H20ClF3N2. The molecule has 1 rings (SSSR count). The number of nitrogens with zero attached hydrogens (tertiary/aromatic N) is 1. The Morgan fingerprint density at radius 1 is 1.30 bits per heavy atom. The average molecular weight is 309 g/mol. The Bertz CT molecular complexity index is 433. The van der Waals surface area contributed by atoms with Crippen molar-refractivity contribution in [2.45, 2.75) is 39.5 Å². The predicted octanol–water partition coefficient (Wildman–Crippen LogP) is 4.23. The second-order valence-corrected chi connectivity index (χ2v) is 5.30. The van der Waals surface area contributed by atoms with Crippen molar-refractivity contribution in [1.29, 1.82) is 0 Å². The van der Waals surface area contributed by atoms with Crippen LogP contribution in [0.25, 0.3) is 0 Å². The van der Waals surface area contributed by atoms with E-state index in [-0.39, 0.29) is 6.04 Å². The van der Waals surface area contributed by atoms with Crippen molar-refractivity contribution in [2.24, 2.45) is 0 Å². The normalized spacial score (nSPS) is 12.0. The first-order chi connectivity index (χ1) is 9.24. The topological polar surface area (TPSA) is 15.3 Å². The van der Waals surface area contributed by atoms with Crippen molar-refractivity contribution in [1.82, 2.24) is 5.32 Å². The van der Waals surface area contributed by atoms with E-state index in [1.165, 1.54) is 4.90 Å². The molecular weight excluding hydrogens is 289 g/mol. The molecule has 20 heavy (non-hydrogen) atoms. The van der Waals surface area contributed by atoms with E-state index in [0.29, 0.717) is 17.3 Å².